The first kappa shape index (κ1) is 16.0. The molecule has 2 fully saturated rings. The minimum absolute atomic E-state index is 0.195. The van der Waals surface area contributed by atoms with E-state index in [-0.39, 0.29) is 11.7 Å². The molecule has 2 saturated heterocycles. The number of aromatic nitrogens is 1. The molecule has 7 heteroatoms. The van der Waals surface area contributed by atoms with Crippen molar-refractivity contribution in [1.82, 2.24) is 14.8 Å². The number of rotatable bonds is 3. The van der Waals surface area contributed by atoms with Gasteiger partial charge < -0.3 is 15.5 Å². The number of hydrogen-bond donors (Lipinski definition) is 1. The summed E-state index contributed by atoms with van der Waals surface area (Å²) in [6, 6.07) is 0. The van der Waals surface area contributed by atoms with Crippen LogP contribution in [-0.4, -0.2) is 67.0 Å². The minimum atomic E-state index is -0.354. The minimum Gasteiger partial charge on any atom is -0.396 e. The highest BCUT2D eigenvalue weighted by molar-refractivity contribution is 5.78. The molecule has 3 rings (SSSR count). The van der Waals surface area contributed by atoms with Gasteiger partial charge in [0.1, 0.15) is 0 Å². The number of anilines is 2. The fraction of sp³-hybridized carbons (Fsp3) is 0.625. The van der Waals surface area contributed by atoms with Gasteiger partial charge in [0.05, 0.1) is 30.3 Å². The summed E-state index contributed by atoms with van der Waals surface area (Å²) < 4.78 is 14.0. The third-order valence-electron chi connectivity index (χ3n) is 4.88. The lowest BCUT2D eigenvalue weighted by Crippen LogP contribution is -2.50. The summed E-state index contributed by atoms with van der Waals surface area (Å²) in [5.74, 6) is 0.391. The van der Waals surface area contributed by atoms with Crippen LogP contribution in [0.4, 0.5) is 15.8 Å². The van der Waals surface area contributed by atoms with Crippen molar-refractivity contribution in [3.8, 4) is 0 Å². The van der Waals surface area contributed by atoms with Crippen LogP contribution in [0.15, 0.2) is 12.4 Å². The number of piperazine rings is 1. The second-order valence-electron chi connectivity index (χ2n) is 6.54. The molecule has 126 valence electrons. The first-order valence-corrected chi connectivity index (χ1v) is 8.15. The molecule has 1 amide bonds. The summed E-state index contributed by atoms with van der Waals surface area (Å²) in [4.78, 5) is 21.6. The summed E-state index contributed by atoms with van der Waals surface area (Å²) in [7, 11) is 1.85. The van der Waals surface area contributed by atoms with Crippen LogP contribution in [0.2, 0.25) is 0 Å². The van der Waals surface area contributed by atoms with Crippen molar-refractivity contribution in [2.24, 2.45) is 5.92 Å². The Morgan fingerprint density at radius 3 is 2.65 bits per heavy atom. The quantitative estimate of drug-likeness (QED) is 0.892. The molecule has 0 bridgehead atoms. The molecule has 0 aromatic carbocycles. The van der Waals surface area contributed by atoms with Crippen LogP contribution in [0.3, 0.4) is 0 Å². The van der Waals surface area contributed by atoms with Crippen LogP contribution < -0.4 is 10.6 Å². The Labute approximate surface area is 136 Å². The highest BCUT2D eigenvalue weighted by Gasteiger charge is 2.27. The summed E-state index contributed by atoms with van der Waals surface area (Å²) in [6.45, 7) is 4.78. The predicted octanol–water partition coefficient (Wildman–Crippen LogP) is 0.793. The molecule has 0 atom stereocenters. The number of piperidine rings is 1. The highest BCUT2D eigenvalue weighted by atomic mass is 19.1. The van der Waals surface area contributed by atoms with Crippen molar-refractivity contribution in [2.45, 2.75) is 12.8 Å². The lowest BCUT2D eigenvalue weighted by molar-refractivity contribution is -0.134. The van der Waals surface area contributed by atoms with E-state index >= 15 is 0 Å². The Bertz CT molecular complexity index is 553. The first-order valence-electron chi connectivity index (χ1n) is 8.15. The van der Waals surface area contributed by atoms with E-state index in [1.165, 1.54) is 12.4 Å². The number of nitrogens with zero attached hydrogens (tertiary/aromatic N) is 4. The molecule has 1 aromatic heterocycles. The average Bonchev–Trinajstić information content (AvgIpc) is 2.52. The number of likely N-dealkylation sites (N-methyl/N-ethyl adjacent to an activating group) is 1. The van der Waals surface area contributed by atoms with Crippen molar-refractivity contribution in [3.63, 3.8) is 0 Å². The number of hydrogen-bond acceptors (Lipinski definition) is 5. The molecule has 0 saturated carbocycles. The van der Waals surface area contributed by atoms with E-state index in [2.05, 4.69) is 9.88 Å². The zero-order chi connectivity index (χ0) is 16.4. The lowest BCUT2D eigenvalue weighted by Gasteiger charge is -2.38. The summed E-state index contributed by atoms with van der Waals surface area (Å²) in [5.41, 5.74) is 6.75. The van der Waals surface area contributed by atoms with E-state index in [1.54, 1.807) is 4.90 Å². The van der Waals surface area contributed by atoms with Crippen molar-refractivity contribution >= 4 is 17.3 Å². The van der Waals surface area contributed by atoms with Gasteiger partial charge in [-0.3, -0.25) is 14.7 Å². The first-order chi connectivity index (χ1) is 11.0. The van der Waals surface area contributed by atoms with Gasteiger partial charge in [0.25, 0.3) is 0 Å². The van der Waals surface area contributed by atoms with Crippen molar-refractivity contribution < 1.29 is 9.18 Å². The number of pyridine rings is 1. The number of carbonyl (C=O) groups is 1. The van der Waals surface area contributed by atoms with Gasteiger partial charge in [-0.2, -0.15) is 0 Å². The lowest BCUT2D eigenvalue weighted by atomic mass is 9.95. The van der Waals surface area contributed by atoms with Gasteiger partial charge in [0, 0.05) is 39.8 Å². The van der Waals surface area contributed by atoms with Crippen molar-refractivity contribution in [2.75, 3.05) is 56.9 Å². The average molecular weight is 321 g/mol. The predicted molar refractivity (Wildman–Crippen MR) is 87.6 cm³/mol. The molecule has 0 spiro atoms. The molecule has 1 aromatic rings. The Kier molecular flexibility index (Phi) is 4.66. The molecule has 6 nitrogen and oxygen atoms in total. The number of amides is 1. The third-order valence-corrected chi connectivity index (χ3v) is 4.88. The number of halogens is 1. The Hall–Kier alpha value is -1.89. The van der Waals surface area contributed by atoms with Crippen molar-refractivity contribution in [3.05, 3.63) is 18.2 Å². The normalized spacial score (nSPS) is 21.0. The van der Waals surface area contributed by atoms with E-state index in [0.29, 0.717) is 23.8 Å². The van der Waals surface area contributed by atoms with Gasteiger partial charge in [0.2, 0.25) is 5.91 Å². The summed E-state index contributed by atoms with van der Waals surface area (Å²) >= 11 is 0. The SMILES string of the molecule is CN1CCN(CC2CCN(c3c(N)cncc3F)CC2)CC1=O. The molecule has 0 radical (unpaired) electrons. The Balaban J connectivity index is 1.54. The molecule has 0 aliphatic carbocycles. The van der Waals surface area contributed by atoms with Crippen LogP contribution in [0.5, 0.6) is 0 Å². The van der Waals surface area contributed by atoms with Gasteiger partial charge in [-0.15, -0.1) is 0 Å². The van der Waals surface area contributed by atoms with Gasteiger partial charge in [-0.05, 0) is 18.8 Å². The van der Waals surface area contributed by atoms with E-state index < -0.39 is 0 Å². The van der Waals surface area contributed by atoms with Crippen LogP contribution in [0, 0.1) is 11.7 Å². The van der Waals surface area contributed by atoms with E-state index in [0.717, 1.165) is 45.6 Å². The fourth-order valence-corrected chi connectivity index (χ4v) is 3.44. The van der Waals surface area contributed by atoms with Crippen LogP contribution in [-0.2, 0) is 4.79 Å². The molecular formula is C16H24FN5O. The Morgan fingerprint density at radius 1 is 1.26 bits per heavy atom. The van der Waals surface area contributed by atoms with Gasteiger partial charge in [0.15, 0.2) is 5.82 Å². The smallest absolute Gasteiger partial charge is 0.236 e. The molecule has 2 N–H and O–H groups in total. The summed E-state index contributed by atoms with van der Waals surface area (Å²) in [6.07, 6.45) is 4.69. The number of nitrogens with two attached hydrogens (primary N) is 1. The maximum absolute atomic E-state index is 14.0. The molecule has 23 heavy (non-hydrogen) atoms. The van der Waals surface area contributed by atoms with Crippen LogP contribution in [0.1, 0.15) is 12.8 Å². The third kappa shape index (κ3) is 3.55. The number of carbonyl (C=O) groups excluding carboxylic acids is 1. The molecular weight excluding hydrogens is 297 g/mol. The van der Waals surface area contributed by atoms with Gasteiger partial charge in [-0.1, -0.05) is 0 Å². The molecule has 0 unspecified atom stereocenters. The van der Waals surface area contributed by atoms with E-state index in [4.69, 9.17) is 5.73 Å². The fourth-order valence-electron chi connectivity index (χ4n) is 3.44. The highest BCUT2D eigenvalue weighted by Crippen LogP contribution is 2.30. The second-order valence-corrected chi connectivity index (χ2v) is 6.54. The second kappa shape index (κ2) is 6.70. The van der Waals surface area contributed by atoms with Crippen LogP contribution in [0.25, 0.3) is 0 Å². The zero-order valence-electron chi connectivity index (χ0n) is 13.5. The maximum atomic E-state index is 14.0. The standard InChI is InChI=1S/C16H24FN5O/c1-20-6-7-21(11-15(20)23)10-12-2-4-22(5-3-12)16-13(17)8-19-9-14(16)18/h8-9,12H,2-7,10-11,18H2,1H3. The van der Waals surface area contributed by atoms with E-state index in [1.807, 2.05) is 11.9 Å². The molecule has 2 aliphatic heterocycles. The van der Waals surface area contributed by atoms with E-state index in [9.17, 15) is 9.18 Å². The zero-order valence-corrected chi connectivity index (χ0v) is 13.5. The summed E-state index contributed by atoms with van der Waals surface area (Å²) in [5, 5.41) is 0. The van der Waals surface area contributed by atoms with Crippen molar-refractivity contribution in [1.29, 1.82) is 0 Å². The van der Waals surface area contributed by atoms with Gasteiger partial charge >= 0.3 is 0 Å². The van der Waals surface area contributed by atoms with Crippen LogP contribution >= 0.6 is 0 Å². The van der Waals surface area contributed by atoms with Gasteiger partial charge in [-0.25, -0.2) is 4.39 Å². The molecule has 2 aliphatic rings. The number of nitrogen functional groups attached to an aromatic ring is 1. The largest absolute Gasteiger partial charge is 0.396 e. The molecule has 3 heterocycles. The monoisotopic (exact) mass is 321 g/mol. The Morgan fingerprint density at radius 2 is 2.00 bits per heavy atom. The maximum Gasteiger partial charge on any atom is 0.236 e. The topological polar surface area (TPSA) is 65.7 Å².